The summed E-state index contributed by atoms with van der Waals surface area (Å²) in [5.41, 5.74) is 3.11. The molecule has 1 saturated carbocycles. The van der Waals surface area contributed by atoms with Gasteiger partial charge in [0.1, 0.15) is 5.69 Å². The van der Waals surface area contributed by atoms with Gasteiger partial charge in [-0.2, -0.15) is 0 Å². The maximum atomic E-state index is 14.6. The van der Waals surface area contributed by atoms with Crippen LogP contribution in [-0.2, 0) is 0 Å². The molecule has 6 heteroatoms. The number of carbonyl (C=O) groups is 3. The molecular formula is C37H29Cl2NO3. The Morgan fingerprint density at radius 2 is 1.00 bits per heavy atom. The van der Waals surface area contributed by atoms with Gasteiger partial charge in [-0.15, -0.1) is 0 Å². The predicted molar refractivity (Wildman–Crippen MR) is 172 cm³/mol. The predicted octanol–water partition coefficient (Wildman–Crippen LogP) is 9.66. The van der Waals surface area contributed by atoms with Crippen LogP contribution in [0.1, 0.15) is 86.0 Å². The van der Waals surface area contributed by atoms with E-state index in [4.69, 9.17) is 23.2 Å². The minimum atomic E-state index is -0.403. The van der Waals surface area contributed by atoms with Gasteiger partial charge in [-0.1, -0.05) is 103 Å². The molecule has 6 rings (SSSR count). The molecule has 0 spiro atoms. The van der Waals surface area contributed by atoms with Crippen molar-refractivity contribution in [2.24, 2.45) is 0 Å². The van der Waals surface area contributed by atoms with Crippen LogP contribution in [0.2, 0.25) is 10.0 Å². The average molecular weight is 607 g/mol. The first-order valence-electron chi connectivity index (χ1n) is 14.5. The Labute approximate surface area is 260 Å². The first kappa shape index (κ1) is 28.9. The van der Waals surface area contributed by atoms with Crippen LogP contribution in [0.5, 0.6) is 0 Å². The molecule has 0 N–H and O–H groups in total. The summed E-state index contributed by atoms with van der Waals surface area (Å²) in [5.74, 6) is -1.04. The third-order valence-electron chi connectivity index (χ3n) is 8.11. The molecular weight excluding hydrogens is 577 g/mol. The van der Waals surface area contributed by atoms with Gasteiger partial charge >= 0.3 is 0 Å². The maximum Gasteiger partial charge on any atom is 0.210 e. The van der Waals surface area contributed by atoms with E-state index in [9.17, 15) is 14.4 Å². The summed E-state index contributed by atoms with van der Waals surface area (Å²) >= 11 is 12.4. The van der Waals surface area contributed by atoms with Crippen molar-refractivity contribution in [2.45, 2.75) is 38.1 Å². The van der Waals surface area contributed by atoms with E-state index >= 15 is 0 Å². The van der Waals surface area contributed by atoms with Gasteiger partial charge in [0.2, 0.25) is 5.78 Å². The zero-order chi connectivity index (χ0) is 29.9. The van der Waals surface area contributed by atoms with Gasteiger partial charge in [-0.25, -0.2) is 0 Å². The van der Waals surface area contributed by atoms with Crippen LogP contribution in [0.4, 0.5) is 0 Å². The number of nitrogens with zero attached hydrogens (tertiary/aromatic N) is 1. The number of rotatable bonds is 8. The normalized spacial score (nSPS) is 13.5. The first-order chi connectivity index (χ1) is 20.9. The summed E-state index contributed by atoms with van der Waals surface area (Å²) in [4.78, 5) is 43.8. The number of aromatic nitrogens is 1. The summed E-state index contributed by atoms with van der Waals surface area (Å²) in [7, 11) is 0. The van der Waals surface area contributed by atoms with Crippen molar-refractivity contribution in [3.63, 3.8) is 0 Å². The van der Waals surface area contributed by atoms with E-state index in [1.807, 2.05) is 41.0 Å². The van der Waals surface area contributed by atoms with Crippen molar-refractivity contribution in [3.8, 4) is 11.3 Å². The molecule has 4 aromatic carbocycles. The Morgan fingerprint density at radius 3 is 1.53 bits per heavy atom. The molecule has 1 fully saturated rings. The van der Waals surface area contributed by atoms with Crippen LogP contribution in [0.25, 0.3) is 11.3 Å². The summed E-state index contributed by atoms with van der Waals surface area (Å²) < 4.78 is 2.01. The first-order valence-corrected chi connectivity index (χ1v) is 15.2. The monoisotopic (exact) mass is 605 g/mol. The summed E-state index contributed by atoms with van der Waals surface area (Å²) in [5, 5.41) is 0.983. The molecule has 4 nitrogen and oxygen atoms in total. The summed E-state index contributed by atoms with van der Waals surface area (Å²) in [6.45, 7) is 0. The molecule has 0 bridgehead atoms. The highest BCUT2D eigenvalue weighted by Gasteiger charge is 2.38. The van der Waals surface area contributed by atoms with Crippen molar-refractivity contribution in [1.29, 1.82) is 0 Å². The number of hydrogen-bond donors (Lipinski definition) is 0. The van der Waals surface area contributed by atoms with Gasteiger partial charge in [-0.05, 0) is 66.9 Å². The third kappa shape index (κ3) is 5.73. The molecule has 0 unspecified atom stereocenters. The second kappa shape index (κ2) is 12.5. The fourth-order valence-electron chi connectivity index (χ4n) is 6.06. The topological polar surface area (TPSA) is 56.1 Å². The van der Waals surface area contributed by atoms with E-state index < -0.39 is 5.78 Å². The van der Waals surface area contributed by atoms with E-state index in [2.05, 4.69) is 0 Å². The molecule has 1 heterocycles. The molecule has 43 heavy (non-hydrogen) atoms. The maximum absolute atomic E-state index is 14.6. The average Bonchev–Trinajstić information content (AvgIpc) is 3.42. The molecule has 0 saturated heterocycles. The largest absolute Gasteiger partial charge is 0.333 e. The highest BCUT2D eigenvalue weighted by Crippen LogP contribution is 2.42. The van der Waals surface area contributed by atoms with Crippen molar-refractivity contribution >= 4 is 40.6 Å². The minimum Gasteiger partial charge on any atom is -0.333 e. The quantitative estimate of drug-likeness (QED) is 0.165. The van der Waals surface area contributed by atoms with Crippen molar-refractivity contribution in [1.82, 2.24) is 4.57 Å². The van der Waals surface area contributed by atoms with Crippen LogP contribution in [0, 0.1) is 0 Å². The zero-order valence-corrected chi connectivity index (χ0v) is 24.9. The molecule has 0 aliphatic heterocycles. The third-order valence-corrected chi connectivity index (χ3v) is 8.61. The summed E-state index contributed by atoms with van der Waals surface area (Å²) in [6.07, 6.45) is 4.78. The Kier molecular flexibility index (Phi) is 8.42. The molecule has 0 radical (unpaired) electrons. The molecule has 1 aliphatic rings. The van der Waals surface area contributed by atoms with Gasteiger partial charge in [0.25, 0.3) is 0 Å². The lowest BCUT2D eigenvalue weighted by atomic mass is 9.90. The van der Waals surface area contributed by atoms with E-state index in [0.717, 1.165) is 37.7 Å². The van der Waals surface area contributed by atoms with Gasteiger partial charge in [-0.3, -0.25) is 14.4 Å². The lowest BCUT2D eigenvalue weighted by Gasteiger charge is -2.28. The van der Waals surface area contributed by atoms with Crippen LogP contribution in [-0.4, -0.2) is 21.9 Å². The molecule has 0 atom stereocenters. The Hall–Kier alpha value is -4.25. The second-order valence-corrected chi connectivity index (χ2v) is 11.7. The van der Waals surface area contributed by atoms with Crippen LogP contribution in [0.15, 0.2) is 109 Å². The highest BCUT2D eigenvalue weighted by atomic mass is 35.5. The molecule has 5 aromatic rings. The van der Waals surface area contributed by atoms with Gasteiger partial charge < -0.3 is 4.57 Å². The molecule has 1 aliphatic carbocycles. The lowest BCUT2D eigenvalue weighted by molar-refractivity contribution is 0.0988. The lowest BCUT2D eigenvalue weighted by Crippen LogP contribution is -2.21. The Bertz CT molecular complexity index is 1790. The van der Waals surface area contributed by atoms with Crippen molar-refractivity contribution < 1.29 is 14.4 Å². The fraction of sp³-hybridized carbons (Fsp3) is 0.162. The SMILES string of the molecule is O=C(c1ccc(Cl)cc1)c1c(C(=O)c2ccc(Cl)cc2)c(-c2ccccc2)n(C2CCCCC2)c1C(=O)c1ccccc1. The van der Waals surface area contributed by atoms with E-state index in [1.54, 1.807) is 72.8 Å². The van der Waals surface area contributed by atoms with Gasteiger partial charge in [0, 0.05) is 32.8 Å². The molecule has 1 aromatic heterocycles. The zero-order valence-electron chi connectivity index (χ0n) is 23.4. The van der Waals surface area contributed by atoms with Crippen molar-refractivity contribution in [2.75, 3.05) is 0 Å². The fourth-order valence-corrected chi connectivity index (χ4v) is 6.31. The summed E-state index contributed by atoms with van der Waals surface area (Å²) in [6, 6.07) is 31.7. The van der Waals surface area contributed by atoms with Crippen LogP contribution < -0.4 is 0 Å². The van der Waals surface area contributed by atoms with E-state index in [-0.39, 0.29) is 34.4 Å². The molecule has 214 valence electrons. The number of halogens is 2. The van der Waals surface area contributed by atoms with Gasteiger partial charge in [0.15, 0.2) is 11.6 Å². The number of carbonyl (C=O) groups excluding carboxylic acids is 3. The van der Waals surface area contributed by atoms with Crippen molar-refractivity contribution in [3.05, 3.63) is 153 Å². The highest BCUT2D eigenvalue weighted by molar-refractivity contribution is 6.32. The number of hydrogen-bond acceptors (Lipinski definition) is 3. The smallest absolute Gasteiger partial charge is 0.210 e. The second-order valence-electron chi connectivity index (χ2n) is 10.8. The molecule has 0 amide bonds. The van der Waals surface area contributed by atoms with Gasteiger partial charge in [0.05, 0.1) is 16.8 Å². The number of benzene rings is 4. The Balaban J connectivity index is 1.74. The van der Waals surface area contributed by atoms with Crippen LogP contribution in [0.3, 0.4) is 0 Å². The Morgan fingerprint density at radius 1 is 0.535 bits per heavy atom. The van der Waals surface area contributed by atoms with E-state index in [0.29, 0.717) is 32.4 Å². The minimum absolute atomic E-state index is 0.0600. The number of ketones is 3. The van der Waals surface area contributed by atoms with E-state index in [1.165, 1.54) is 0 Å². The standard InChI is InChI=1S/C37H29Cl2NO3/c38-28-20-16-26(17-21-28)35(41)31-32(36(42)27-18-22-29(39)23-19-27)34(37(43)25-12-6-2-7-13-25)40(30-14-8-3-9-15-30)33(31)24-10-4-1-5-11-24/h1-2,4-7,10-13,16-23,30H,3,8-9,14-15H2. The van der Waals surface area contributed by atoms with Crippen LogP contribution >= 0.6 is 23.2 Å².